The molecule has 0 bridgehead atoms. The summed E-state index contributed by atoms with van der Waals surface area (Å²) in [6.45, 7) is 4.99. The average molecular weight is 317 g/mol. The molecule has 0 amide bonds. The zero-order valence-corrected chi connectivity index (χ0v) is 14.5. The van der Waals surface area contributed by atoms with E-state index < -0.39 is 12.0 Å². The molecule has 2 aliphatic rings. The highest BCUT2D eigenvalue weighted by Crippen LogP contribution is 2.49. The summed E-state index contributed by atoms with van der Waals surface area (Å²) in [6, 6.07) is 8.19. The van der Waals surface area contributed by atoms with Gasteiger partial charge in [-0.2, -0.15) is 0 Å². The predicted octanol–water partition coefficient (Wildman–Crippen LogP) is 3.95. The van der Waals surface area contributed by atoms with Gasteiger partial charge in [-0.15, -0.1) is 0 Å². The van der Waals surface area contributed by atoms with E-state index in [4.69, 9.17) is 0 Å². The molecule has 3 unspecified atom stereocenters. The number of aliphatic hydroxyl groups excluding tert-OH is 1. The monoisotopic (exact) mass is 317 g/mol. The first-order valence-electron chi connectivity index (χ1n) is 9.37. The van der Waals surface area contributed by atoms with Gasteiger partial charge in [0.2, 0.25) is 0 Å². The Morgan fingerprint density at radius 2 is 1.87 bits per heavy atom. The smallest absolute Gasteiger partial charge is 0.149 e. The summed E-state index contributed by atoms with van der Waals surface area (Å²) in [7, 11) is 0. The van der Waals surface area contributed by atoms with E-state index in [9.17, 15) is 10.2 Å². The first kappa shape index (κ1) is 16.9. The van der Waals surface area contributed by atoms with Crippen LogP contribution in [0.1, 0.15) is 75.8 Å². The van der Waals surface area contributed by atoms with E-state index in [1.807, 2.05) is 17.0 Å². The fourth-order valence-electron chi connectivity index (χ4n) is 4.61. The van der Waals surface area contributed by atoms with Crippen LogP contribution in [0.3, 0.4) is 0 Å². The normalized spacial score (nSPS) is 32.7. The van der Waals surface area contributed by atoms with Crippen LogP contribution in [-0.4, -0.2) is 27.9 Å². The molecule has 1 aliphatic heterocycles. The highest BCUT2D eigenvalue weighted by Gasteiger charge is 2.51. The zero-order chi connectivity index (χ0) is 16.4. The summed E-state index contributed by atoms with van der Waals surface area (Å²) in [5.41, 5.74) is 1.12. The van der Waals surface area contributed by atoms with E-state index in [0.29, 0.717) is 0 Å². The number of hydrogen-bond acceptors (Lipinski definition) is 3. The van der Waals surface area contributed by atoms with Crippen LogP contribution < -0.4 is 0 Å². The van der Waals surface area contributed by atoms with Gasteiger partial charge in [-0.05, 0) is 24.8 Å². The second-order valence-electron chi connectivity index (χ2n) is 7.40. The van der Waals surface area contributed by atoms with E-state index in [2.05, 4.69) is 26.0 Å². The lowest BCUT2D eigenvalue weighted by molar-refractivity contribution is -0.233. The third-order valence-electron chi connectivity index (χ3n) is 5.98. The van der Waals surface area contributed by atoms with Crippen molar-refractivity contribution in [2.24, 2.45) is 5.92 Å². The van der Waals surface area contributed by atoms with Gasteiger partial charge in [0.15, 0.2) is 0 Å². The maximum absolute atomic E-state index is 11.9. The van der Waals surface area contributed by atoms with Gasteiger partial charge in [-0.25, -0.2) is 4.90 Å². The van der Waals surface area contributed by atoms with E-state index in [-0.39, 0.29) is 11.8 Å². The lowest BCUT2D eigenvalue weighted by Gasteiger charge is -2.53. The Labute approximate surface area is 140 Å². The van der Waals surface area contributed by atoms with E-state index in [1.165, 1.54) is 19.3 Å². The molecule has 0 saturated heterocycles. The minimum atomic E-state index is -1.02. The van der Waals surface area contributed by atoms with Crippen LogP contribution in [0.25, 0.3) is 0 Å². The number of unbranched alkanes of at least 4 members (excludes halogenated alkanes) is 1. The molecular formula is C20H31NO2. The number of fused-ring (bicyclic) bond motifs is 1. The van der Waals surface area contributed by atoms with Gasteiger partial charge >= 0.3 is 0 Å². The van der Waals surface area contributed by atoms with Crippen molar-refractivity contribution in [3.63, 3.8) is 0 Å². The van der Waals surface area contributed by atoms with Crippen LogP contribution in [0.4, 0.5) is 0 Å². The van der Waals surface area contributed by atoms with Crippen molar-refractivity contribution >= 4 is 0 Å². The number of benzene rings is 1. The Morgan fingerprint density at radius 3 is 2.57 bits per heavy atom. The Kier molecular flexibility index (Phi) is 5.10. The third-order valence-corrected chi connectivity index (χ3v) is 5.98. The SMILES string of the molecule is CCCCN1C(O)C(C)c2ccccc2C1(O)C1CCCCC1. The summed E-state index contributed by atoms with van der Waals surface area (Å²) in [6.07, 6.45) is 7.19. The fourth-order valence-corrected chi connectivity index (χ4v) is 4.61. The summed E-state index contributed by atoms with van der Waals surface area (Å²) >= 11 is 0. The van der Waals surface area contributed by atoms with E-state index >= 15 is 0 Å². The second-order valence-corrected chi connectivity index (χ2v) is 7.40. The minimum absolute atomic E-state index is 0.0342. The molecular weight excluding hydrogens is 286 g/mol. The lowest BCUT2D eigenvalue weighted by atomic mass is 9.72. The maximum atomic E-state index is 11.9. The van der Waals surface area contributed by atoms with Crippen LogP contribution in [0.15, 0.2) is 24.3 Å². The largest absolute Gasteiger partial charge is 0.378 e. The molecule has 2 N–H and O–H groups in total. The van der Waals surface area contributed by atoms with Gasteiger partial charge in [-0.1, -0.05) is 63.8 Å². The molecule has 1 saturated carbocycles. The third kappa shape index (κ3) is 2.84. The van der Waals surface area contributed by atoms with Gasteiger partial charge in [0.25, 0.3) is 0 Å². The molecule has 1 aromatic rings. The highest BCUT2D eigenvalue weighted by atomic mass is 16.3. The van der Waals surface area contributed by atoms with Gasteiger partial charge in [0.1, 0.15) is 12.0 Å². The first-order valence-corrected chi connectivity index (χ1v) is 9.37. The van der Waals surface area contributed by atoms with Crippen molar-refractivity contribution in [3.05, 3.63) is 35.4 Å². The highest BCUT2D eigenvalue weighted by molar-refractivity contribution is 5.38. The maximum Gasteiger partial charge on any atom is 0.149 e. The Bertz CT molecular complexity index is 526. The van der Waals surface area contributed by atoms with E-state index in [0.717, 1.165) is 43.4 Å². The number of nitrogens with zero attached hydrogens (tertiary/aromatic N) is 1. The summed E-state index contributed by atoms with van der Waals surface area (Å²) < 4.78 is 0. The molecule has 3 atom stereocenters. The molecule has 1 aromatic carbocycles. The molecule has 1 aliphatic carbocycles. The first-order chi connectivity index (χ1) is 11.1. The molecule has 0 radical (unpaired) electrons. The molecule has 128 valence electrons. The molecule has 23 heavy (non-hydrogen) atoms. The van der Waals surface area contributed by atoms with Crippen molar-refractivity contribution in [2.75, 3.05) is 6.54 Å². The molecule has 1 fully saturated rings. The van der Waals surface area contributed by atoms with Gasteiger partial charge in [0, 0.05) is 23.9 Å². The van der Waals surface area contributed by atoms with Gasteiger partial charge < -0.3 is 10.2 Å². The van der Waals surface area contributed by atoms with Crippen LogP contribution in [0.2, 0.25) is 0 Å². The van der Waals surface area contributed by atoms with Gasteiger partial charge in [0.05, 0.1) is 0 Å². The van der Waals surface area contributed by atoms with Crippen LogP contribution >= 0.6 is 0 Å². The fraction of sp³-hybridized carbons (Fsp3) is 0.700. The van der Waals surface area contributed by atoms with Gasteiger partial charge in [-0.3, -0.25) is 0 Å². The molecule has 3 nitrogen and oxygen atoms in total. The van der Waals surface area contributed by atoms with Crippen LogP contribution in [0.5, 0.6) is 0 Å². The van der Waals surface area contributed by atoms with Crippen molar-refractivity contribution in [1.82, 2.24) is 4.90 Å². The number of hydrogen-bond donors (Lipinski definition) is 2. The molecule has 3 heteroatoms. The summed E-state index contributed by atoms with van der Waals surface area (Å²) in [4.78, 5) is 2.00. The average Bonchev–Trinajstić information content (AvgIpc) is 2.60. The Hall–Kier alpha value is -0.900. The summed E-state index contributed by atoms with van der Waals surface area (Å²) in [5.74, 6) is 0.253. The zero-order valence-electron chi connectivity index (χ0n) is 14.5. The van der Waals surface area contributed by atoms with Crippen molar-refractivity contribution < 1.29 is 10.2 Å². The molecule has 3 rings (SSSR count). The van der Waals surface area contributed by atoms with Crippen LogP contribution in [0, 0.1) is 5.92 Å². The van der Waals surface area contributed by atoms with Crippen molar-refractivity contribution in [3.8, 4) is 0 Å². The van der Waals surface area contributed by atoms with Crippen molar-refractivity contribution in [2.45, 2.75) is 76.7 Å². The van der Waals surface area contributed by atoms with Crippen LogP contribution in [-0.2, 0) is 5.72 Å². The Balaban J connectivity index is 2.06. The van der Waals surface area contributed by atoms with Crippen molar-refractivity contribution in [1.29, 1.82) is 0 Å². The standard InChI is InChI=1S/C20H31NO2/c1-3-4-14-21-19(22)15(2)17-12-8-9-13-18(17)20(21,23)16-10-6-5-7-11-16/h8-9,12-13,15-16,19,22-23H,3-7,10-11,14H2,1-2H3. The molecule has 0 spiro atoms. The van der Waals surface area contributed by atoms with E-state index in [1.54, 1.807) is 0 Å². The Morgan fingerprint density at radius 1 is 1.17 bits per heavy atom. The molecule has 0 aromatic heterocycles. The lowest BCUT2D eigenvalue weighted by Crippen LogP contribution is -2.60. The molecule has 1 heterocycles. The number of rotatable bonds is 4. The summed E-state index contributed by atoms with van der Waals surface area (Å²) in [5, 5.41) is 22.8. The minimum Gasteiger partial charge on any atom is -0.378 e. The number of aliphatic hydroxyl groups is 2. The quantitative estimate of drug-likeness (QED) is 0.884. The predicted molar refractivity (Wildman–Crippen MR) is 92.9 cm³/mol. The topological polar surface area (TPSA) is 43.7 Å². The second kappa shape index (κ2) is 6.92.